The molecule has 3 rings (SSSR count). The van der Waals surface area contributed by atoms with Crippen LogP contribution >= 0.6 is 0 Å². The zero-order chi connectivity index (χ0) is 16.2. The summed E-state index contributed by atoms with van der Waals surface area (Å²) in [5.74, 6) is 0.906. The first-order chi connectivity index (χ1) is 11.2. The Labute approximate surface area is 135 Å². The largest absolute Gasteiger partial charge is 0.383 e. The Morgan fingerprint density at radius 1 is 1.39 bits per heavy atom. The van der Waals surface area contributed by atoms with E-state index in [9.17, 15) is 4.79 Å². The summed E-state index contributed by atoms with van der Waals surface area (Å²) in [6, 6.07) is 0. The van der Waals surface area contributed by atoms with Crippen molar-refractivity contribution in [1.82, 2.24) is 29.5 Å². The van der Waals surface area contributed by atoms with E-state index >= 15 is 0 Å². The summed E-state index contributed by atoms with van der Waals surface area (Å²) in [6.07, 6.45) is 5.27. The second kappa shape index (κ2) is 6.93. The van der Waals surface area contributed by atoms with Crippen LogP contribution in [0.15, 0.2) is 18.6 Å². The molecule has 124 valence electrons. The van der Waals surface area contributed by atoms with Gasteiger partial charge in [0.1, 0.15) is 5.82 Å². The Kier molecular flexibility index (Phi) is 4.73. The summed E-state index contributed by atoms with van der Waals surface area (Å²) in [7, 11) is 3.50. The molecule has 0 atom stereocenters. The highest BCUT2D eigenvalue weighted by atomic mass is 16.5. The Hall–Kier alpha value is -2.19. The summed E-state index contributed by atoms with van der Waals surface area (Å²) < 4.78 is 8.89. The minimum absolute atomic E-state index is 0.134. The number of carbonyl (C=O) groups is 1. The van der Waals surface area contributed by atoms with Crippen LogP contribution in [0.25, 0.3) is 0 Å². The van der Waals surface area contributed by atoms with Crippen LogP contribution in [0.5, 0.6) is 0 Å². The summed E-state index contributed by atoms with van der Waals surface area (Å²) in [5, 5.41) is 6.88. The number of hydrogen-bond donors (Lipinski definition) is 1. The van der Waals surface area contributed by atoms with Gasteiger partial charge >= 0.3 is 0 Å². The average molecular weight is 318 g/mol. The number of rotatable bonds is 6. The van der Waals surface area contributed by atoms with Gasteiger partial charge in [0, 0.05) is 46.2 Å². The monoisotopic (exact) mass is 318 g/mol. The lowest BCUT2D eigenvalue weighted by Crippen LogP contribution is -2.35. The Morgan fingerprint density at radius 3 is 3.00 bits per heavy atom. The molecule has 8 heteroatoms. The number of aryl methyl sites for hydroxylation is 1. The van der Waals surface area contributed by atoms with E-state index in [0.717, 1.165) is 44.3 Å². The van der Waals surface area contributed by atoms with Gasteiger partial charge in [-0.15, -0.1) is 0 Å². The number of amides is 1. The van der Waals surface area contributed by atoms with Gasteiger partial charge in [0.25, 0.3) is 5.91 Å². The molecule has 0 unspecified atom stereocenters. The smallest absolute Gasteiger partial charge is 0.254 e. The lowest BCUT2D eigenvalue weighted by atomic mass is 10.3. The molecule has 2 aromatic heterocycles. The quantitative estimate of drug-likeness (QED) is 0.812. The zero-order valence-electron chi connectivity index (χ0n) is 13.5. The third-order valence-corrected chi connectivity index (χ3v) is 3.94. The minimum atomic E-state index is -0.134. The van der Waals surface area contributed by atoms with Crippen molar-refractivity contribution < 1.29 is 9.53 Å². The average Bonchev–Trinajstić information content (AvgIpc) is 3.15. The second-order valence-electron chi connectivity index (χ2n) is 5.70. The number of nitrogens with one attached hydrogen (secondary N) is 1. The molecule has 1 amide bonds. The summed E-state index contributed by atoms with van der Waals surface area (Å²) in [4.78, 5) is 19.0. The fourth-order valence-electron chi connectivity index (χ4n) is 2.67. The molecule has 3 heterocycles. The van der Waals surface area contributed by atoms with Crippen LogP contribution in [0, 0.1) is 0 Å². The summed E-state index contributed by atoms with van der Waals surface area (Å²) in [5.41, 5.74) is 1.44. The predicted octanol–water partition coefficient (Wildman–Crippen LogP) is 0.00860. The van der Waals surface area contributed by atoms with Crippen molar-refractivity contribution in [2.45, 2.75) is 19.6 Å². The van der Waals surface area contributed by atoms with Crippen LogP contribution in [-0.2, 0) is 31.4 Å². The molecule has 0 saturated heterocycles. The minimum Gasteiger partial charge on any atom is -0.383 e. The summed E-state index contributed by atoms with van der Waals surface area (Å²) >= 11 is 0. The van der Waals surface area contributed by atoms with Crippen LogP contribution in [0.4, 0.5) is 0 Å². The van der Waals surface area contributed by atoms with Crippen molar-refractivity contribution in [2.24, 2.45) is 7.05 Å². The molecule has 0 radical (unpaired) electrons. The second-order valence-corrected chi connectivity index (χ2v) is 5.70. The molecule has 0 saturated carbocycles. The molecule has 0 bridgehead atoms. The molecule has 0 aliphatic carbocycles. The van der Waals surface area contributed by atoms with Gasteiger partial charge < -0.3 is 14.6 Å². The Morgan fingerprint density at radius 2 is 2.26 bits per heavy atom. The molecule has 2 aromatic rings. The highest BCUT2D eigenvalue weighted by Gasteiger charge is 2.18. The maximum Gasteiger partial charge on any atom is 0.254 e. The van der Waals surface area contributed by atoms with E-state index in [0.29, 0.717) is 12.1 Å². The fraction of sp³-hybridized carbons (Fsp3) is 0.533. The molecule has 1 N–H and O–H groups in total. The van der Waals surface area contributed by atoms with Gasteiger partial charge in [0.15, 0.2) is 0 Å². The number of fused-ring (bicyclic) bond motifs is 1. The van der Waals surface area contributed by atoms with Gasteiger partial charge in [-0.3, -0.25) is 14.4 Å². The van der Waals surface area contributed by atoms with E-state index in [-0.39, 0.29) is 5.91 Å². The van der Waals surface area contributed by atoms with Crippen molar-refractivity contribution in [1.29, 1.82) is 0 Å². The predicted molar refractivity (Wildman–Crippen MR) is 83.8 cm³/mol. The SMILES string of the molecule is COCCN1CCn2cc(CNC(=O)c3cnn(C)c3)nc2C1. The number of nitrogens with zero attached hydrogens (tertiary/aromatic N) is 5. The van der Waals surface area contributed by atoms with Gasteiger partial charge in [0.2, 0.25) is 0 Å². The zero-order valence-corrected chi connectivity index (χ0v) is 13.5. The van der Waals surface area contributed by atoms with Crippen LogP contribution in [0.1, 0.15) is 21.9 Å². The molecule has 0 fully saturated rings. The van der Waals surface area contributed by atoms with Gasteiger partial charge in [0.05, 0.1) is 37.2 Å². The van der Waals surface area contributed by atoms with E-state index in [1.54, 1.807) is 31.2 Å². The highest BCUT2D eigenvalue weighted by molar-refractivity contribution is 5.93. The first kappa shape index (κ1) is 15.7. The summed E-state index contributed by atoms with van der Waals surface area (Å²) in [6.45, 7) is 4.80. The highest BCUT2D eigenvalue weighted by Crippen LogP contribution is 2.12. The molecule has 1 aliphatic heterocycles. The van der Waals surface area contributed by atoms with E-state index < -0.39 is 0 Å². The maximum absolute atomic E-state index is 12.0. The number of imidazole rings is 1. The number of carbonyl (C=O) groups excluding carboxylic acids is 1. The van der Waals surface area contributed by atoms with Crippen LogP contribution in [0.2, 0.25) is 0 Å². The normalized spacial score (nSPS) is 14.7. The Balaban J connectivity index is 1.56. The van der Waals surface area contributed by atoms with Gasteiger partial charge in [-0.2, -0.15) is 5.10 Å². The molecule has 0 spiro atoms. The number of ether oxygens (including phenoxy) is 1. The van der Waals surface area contributed by atoms with Crippen molar-refractivity contribution in [2.75, 3.05) is 26.8 Å². The number of aromatic nitrogens is 4. The number of hydrogen-bond acceptors (Lipinski definition) is 5. The third-order valence-electron chi connectivity index (χ3n) is 3.94. The van der Waals surface area contributed by atoms with Gasteiger partial charge in [-0.1, -0.05) is 0 Å². The van der Waals surface area contributed by atoms with Gasteiger partial charge in [-0.25, -0.2) is 4.98 Å². The van der Waals surface area contributed by atoms with Crippen molar-refractivity contribution >= 4 is 5.91 Å². The van der Waals surface area contributed by atoms with Crippen molar-refractivity contribution in [3.05, 3.63) is 35.7 Å². The molecule has 8 nitrogen and oxygen atoms in total. The van der Waals surface area contributed by atoms with Crippen LogP contribution in [-0.4, -0.2) is 56.9 Å². The lowest BCUT2D eigenvalue weighted by Gasteiger charge is -2.26. The number of methoxy groups -OCH3 is 1. The standard InChI is InChI=1S/C15H22N6O2/c1-19-9-12(7-17-19)15(22)16-8-13-10-21-4-3-20(5-6-23-2)11-14(21)18-13/h7,9-10H,3-6,8,11H2,1-2H3,(H,16,22). The third kappa shape index (κ3) is 3.77. The van der Waals surface area contributed by atoms with Crippen molar-refractivity contribution in [3.63, 3.8) is 0 Å². The molecule has 0 aromatic carbocycles. The molecule has 1 aliphatic rings. The fourth-order valence-corrected chi connectivity index (χ4v) is 2.67. The Bertz CT molecular complexity index is 677. The molecular formula is C15H22N6O2. The van der Waals surface area contributed by atoms with E-state index in [1.165, 1.54) is 0 Å². The molecule has 23 heavy (non-hydrogen) atoms. The lowest BCUT2D eigenvalue weighted by molar-refractivity contribution is 0.0950. The van der Waals surface area contributed by atoms with Crippen LogP contribution in [0.3, 0.4) is 0 Å². The maximum atomic E-state index is 12.0. The van der Waals surface area contributed by atoms with Crippen LogP contribution < -0.4 is 5.32 Å². The molecular weight excluding hydrogens is 296 g/mol. The van der Waals surface area contributed by atoms with E-state index in [1.807, 2.05) is 6.20 Å². The topological polar surface area (TPSA) is 77.2 Å². The van der Waals surface area contributed by atoms with E-state index in [4.69, 9.17) is 4.74 Å². The van der Waals surface area contributed by atoms with E-state index in [2.05, 4.69) is 24.9 Å². The van der Waals surface area contributed by atoms with Crippen molar-refractivity contribution in [3.8, 4) is 0 Å². The first-order valence-electron chi connectivity index (χ1n) is 7.69. The first-order valence-corrected chi connectivity index (χ1v) is 7.69. The van der Waals surface area contributed by atoms with Gasteiger partial charge in [-0.05, 0) is 0 Å².